The molecule has 2 rings (SSSR count). The molecule has 0 spiro atoms. The highest BCUT2D eigenvalue weighted by Gasteiger charge is 2.15. The van der Waals surface area contributed by atoms with Crippen LogP contribution in [-0.2, 0) is 6.42 Å². The lowest BCUT2D eigenvalue weighted by molar-refractivity contribution is 0.470. The summed E-state index contributed by atoms with van der Waals surface area (Å²) < 4.78 is 6.14. The molecular weight excluding hydrogens is 356 g/mol. The summed E-state index contributed by atoms with van der Waals surface area (Å²) in [5.41, 5.74) is 1.78. The van der Waals surface area contributed by atoms with Crippen LogP contribution in [0.5, 0.6) is 11.5 Å². The molecule has 1 N–H and O–H groups in total. The Hall–Kier alpha value is -1.77. The molecule has 21 heavy (non-hydrogen) atoms. The van der Waals surface area contributed by atoms with Crippen molar-refractivity contribution in [1.29, 1.82) is 5.26 Å². The van der Waals surface area contributed by atoms with Crippen LogP contribution in [0.4, 0.5) is 0 Å². The molecular formula is C15H12BrClN2O2. The molecule has 0 atom stereocenters. The van der Waals surface area contributed by atoms with Crippen LogP contribution < -0.4 is 10.3 Å². The third-order valence-electron chi connectivity index (χ3n) is 3.00. The fourth-order valence-electron chi connectivity index (χ4n) is 2.04. The van der Waals surface area contributed by atoms with Gasteiger partial charge in [-0.25, -0.2) is 0 Å². The van der Waals surface area contributed by atoms with E-state index in [1.807, 2.05) is 19.9 Å². The first-order chi connectivity index (χ1) is 9.96. The van der Waals surface area contributed by atoms with E-state index < -0.39 is 0 Å². The molecule has 0 fully saturated rings. The largest absolute Gasteiger partial charge is 0.456 e. The average Bonchev–Trinajstić information content (AvgIpc) is 2.44. The van der Waals surface area contributed by atoms with E-state index in [0.717, 1.165) is 11.3 Å². The van der Waals surface area contributed by atoms with E-state index in [2.05, 4.69) is 20.9 Å². The van der Waals surface area contributed by atoms with E-state index in [-0.39, 0.29) is 5.56 Å². The number of hydrogen-bond acceptors (Lipinski definition) is 3. The van der Waals surface area contributed by atoms with Gasteiger partial charge in [-0.15, -0.1) is 0 Å². The van der Waals surface area contributed by atoms with Gasteiger partial charge in [-0.05, 0) is 47.5 Å². The molecule has 0 aliphatic rings. The lowest BCUT2D eigenvalue weighted by Gasteiger charge is -2.14. The SMILES string of the molecule is CCc1c(C)[nH]c(=O)c(Br)c1Oc1cc(Cl)cc(C#N)c1. The highest BCUT2D eigenvalue weighted by Crippen LogP contribution is 2.33. The minimum Gasteiger partial charge on any atom is -0.456 e. The van der Waals surface area contributed by atoms with Crippen molar-refractivity contribution in [2.45, 2.75) is 20.3 Å². The molecule has 1 aromatic heterocycles. The first-order valence-electron chi connectivity index (χ1n) is 6.26. The number of nitriles is 1. The molecule has 0 aliphatic heterocycles. The summed E-state index contributed by atoms with van der Waals surface area (Å²) in [7, 11) is 0. The van der Waals surface area contributed by atoms with Crippen molar-refractivity contribution in [3.63, 3.8) is 0 Å². The fourth-order valence-corrected chi connectivity index (χ4v) is 2.69. The second-order valence-electron chi connectivity index (χ2n) is 4.44. The van der Waals surface area contributed by atoms with Crippen molar-refractivity contribution in [1.82, 2.24) is 4.98 Å². The summed E-state index contributed by atoms with van der Waals surface area (Å²) in [4.78, 5) is 14.6. The molecule has 0 saturated carbocycles. The molecule has 0 amide bonds. The molecule has 4 nitrogen and oxygen atoms in total. The maximum Gasteiger partial charge on any atom is 0.266 e. The Morgan fingerprint density at radius 1 is 1.43 bits per heavy atom. The lowest BCUT2D eigenvalue weighted by Crippen LogP contribution is -2.12. The van der Waals surface area contributed by atoms with E-state index >= 15 is 0 Å². The Labute approximate surface area is 135 Å². The van der Waals surface area contributed by atoms with Gasteiger partial charge in [0.15, 0.2) is 5.75 Å². The van der Waals surface area contributed by atoms with Crippen LogP contribution in [0.3, 0.4) is 0 Å². The van der Waals surface area contributed by atoms with Gasteiger partial charge in [-0.2, -0.15) is 5.26 Å². The van der Waals surface area contributed by atoms with E-state index in [0.29, 0.717) is 33.0 Å². The Morgan fingerprint density at radius 3 is 2.76 bits per heavy atom. The van der Waals surface area contributed by atoms with Gasteiger partial charge in [0.05, 0.1) is 11.6 Å². The predicted molar refractivity (Wildman–Crippen MR) is 85.1 cm³/mol. The number of hydrogen-bond donors (Lipinski definition) is 1. The number of aromatic nitrogens is 1. The van der Waals surface area contributed by atoms with Crippen LogP contribution in [0.25, 0.3) is 0 Å². The Bertz CT molecular complexity index is 793. The van der Waals surface area contributed by atoms with Crippen LogP contribution in [0.1, 0.15) is 23.7 Å². The highest BCUT2D eigenvalue weighted by molar-refractivity contribution is 9.10. The molecule has 1 heterocycles. The molecule has 0 bridgehead atoms. The Balaban J connectivity index is 2.56. The standard InChI is InChI=1S/C15H12BrClN2O2/c1-3-12-8(2)19-15(20)13(16)14(12)21-11-5-9(7-18)4-10(17)6-11/h4-6H,3H2,1-2H3,(H,19,20). The van der Waals surface area contributed by atoms with Crippen molar-refractivity contribution in [3.8, 4) is 17.6 Å². The zero-order valence-electron chi connectivity index (χ0n) is 11.5. The van der Waals surface area contributed by atoms with Crippen LogP contribution in [0.15, 0.2) is 27.5 Å². The second kappa shape index (κ2) is 6.33. The van der Waals surface area contributed by atoms with Gasteiger partial charge >= 0.3 is 0 Å². The van der Waals surface area contributed by atoms with Crippen LogP contribution in [0, 0.1) is 18.3 Å². The maximum atomic E-state index is 11.8. The third-order valence-corrected chi connectivity index (χ3v) is 3.94. The zero-order chi connectivity index (χ0) is 15.6. The average molecular weight is 368 g/mol. The molecule has 108 valence electrons. The number of nitrogens with zero attached hydrogens (tertiary/aromatic N) is 1. The molecule has 0 aliphatic carbocycles. The summed E-state index contributed by atoms with van der Waals surface area (Å²) in [6.07, 6.45) is 0.697. The normalized spacial score (nSPS) is 10.2. The monoisotopic (exact) mass is 366 g/mol. The van der Waals surface area contributed by atoms with E-state index in [1.165, 1.54) is 0 Å². The fraction of sp³-hybridized carbons (Fsp3) is 0.200. The van der Waals surface area contributed by atoms with Gasteiger partial charge in [0.1, 0.15) is 10.2 Å². The Kier molecular flexibility index (Phi) is 4.71. The second-order valence-corrected chi connectivity index (χ2v) is 5.67. The van der Waals surface area contributed by atoms with E-state index in [9.17, 15) is 4.79 Å². The Morgan fingerprint density at radius 2 is 2.14 bits per heavy atom. The first kappa shape index (κ1) is 15.6. The quantitative estimate of drug-likeness (QED) is 0.878. The van der Waals surface area contributed by atoms with Crippen molar-refractivity contribution in [2.24, 2.45) is 0 Å². The van der Waals surface area contributed by atoms with Crippen LogP contribution in [0.2, 0.25) is 5.02 Å². The van der Waals surface area contributed by atoms with Crippen molar-refractivity contribution in [3.05, 3.63) is 54.9 Å². The third kappa shape index (κ3) is 3.29. The number of benzene rings is 1. The summed E-state index contributed by atoms with van der Waals surface area (Å²) in [5, 5.41) is 9.37. The number of aromatic amines is 1. The van der Waals surface area contributed by atoms with Crippen LogP contribution in [-0.4, -0.2) is 4.98 Å². The summed E-state index contributed by atoms with van der Waals surface area (Å²) in [6.45, 7) is 3.79. The lowest BCUT2D eigenvalue weighted by atomic mass is 10.1. The number of ether oxygens (including phenoxy) is 1. The van der Waals surface area contributed by atoms with Gasteiger partial charge < -0.3 is 9.72 Å². The van der Waals surface area contributed by atoms with Crippen molar-refractivity contribution in [2.75, 3.05) is 0 Å². The number of halogens is 2. The number of aryl methyl sites for hydroxylation is 1. The predicted octanol–water partition coefficient (Wildman–Crippen LogP) is 4.33. The maximum absolute atomic E-state index is 11.8. The molecule has 1 aromatic carbocycles. The molecule has 0 saturated heterocycles. The summed E-state index contributed by atoms with van der Waals surface area (Å²) >= 11 is 9.21. The molecule has 0 unspecified atom stereocenters. The van der Waals surface area contributed by atoms with Gasteiger partial charge in [0.2, 0.25) is 0 Å². The summed E-state index contributed by atoms with van der Waals surface area (Å²) in [5.74, 6) is 0.865. The first-order valence-corrected chi connectivity index (χ1v) is 7.43. The highest BCUT2D eigenvalue weighted by atomic mass is 79.9. The van der Waals surface area contributed by atoms with E-state index in [1.54, 1.807) is 18.2 Å². The minimum absolute atomic E-state index is 0.262. The number of H-pyrrole nitrogens is 1. The van der Waals surface area contributed by atoms with Crippen molar-refractivity contribution >= 4 is 27.5 Å². The molecule has 0 radical (unpaired) electrons. The van der Waals surface area contributed by atoms with Gasteiger partial charge in [-0.3, -0.25) is 4.79 Å². The van der Waals surface area contributed by atoms with Gasteiger partial charge in [-0.1, -0.05) is 18.5 Å². The number of pyridine rings is 1. The molecule has 6 heteroatoms. The summed E-state index contributed by atoms with van der Waals surface area (Å²) in [6, 6.07) is 6.74. The molecule has 2 aromatic rings. The smallest absolute Gasteiger partial charge is 0.266 e. The topological polar surface area (TPSA) is 65.9 Å². The van der Waals surface area contributed by atoms with Crippen LogP contribution >= 0.6 is 27.5 Å². The van der Waals surface area contributed by atoms with E-state index in [4.69, 9.17) is 21.6 Å². The van der Waals surface area contributed by atoms with Gasteiger partial charge in [0.25, 0.3) is 5.56 Å². The number of nitrogens with one attached hydrogen (secondary N) is 1. The van der Waals surface area contributed by atoms with Crippen molar-refractivity contribution < 1.29 is 4.74 Å². The van der Waals surface area contributed by atoms with Gasteiger partial charge in [0, 0.05) is 16.3 Å². The minimum atomic E-state index is -0.262. The zero-order valence-corrected chi connectivity index (χ0v) is 13.8. The number of rotatable bonds is 3.